The monoisotopic (exact) mass is 432 g/mol. The van der Waals surface area contributed by atoms with Crippen molar-refractivity contribution >= 4 is 10.1 Å². The van der Waals surface area contributed by atoms with Gasteiger partial charge in [-0.2, -0.15) is 21.6 Å². The van der Waals surface area contributed by atoms with Crippen LogP contribution < -0.4 is 4.18 Å². The minimum Gasteiger partial charge on any atom is -0.393 e. The fourth-order valence-electron chi connectivity index (χ4n) is 6.64. The molecule has 0 heterocycles. The van der Waals surface area contributed by atoms with Gasteiger partial charge in [-0.15, -0.1) is 0 Å². The number of alkyl halides is 3. The Morgan fingerprint density at radius 3 is 2.52 bits per heavy atom. The number of halogens is 3. The first-order valence-electron chi connectivity index (χ1n) is 10.1. The molecule has 8 heteroatoms. The average molecular weight is 433 g/mol. The van der Waals surface area contributed by atoms with Crippen LogP contribution >= 0.6 is 0 Å². The van der Waals surface area contributed by atoms with Gasteiger partial charge in [0, 0.05) is 0 Å². The summed E-state index contributed by atoms with van der Waals surface area (Å²) in [5.41, 5.74) is -3.63. The predicted octanol–water partition coefficient (Wildman–Crippen LogP) is 4.77. The smallest absolute Gasteiger partial charge is 0.393 e. The standard InChI is InChI=1S/C21H27F3O4S/c1-12-10-13-11-14(28-29(26,27)21(22,23)24)4-5-15(13)16-8-9-19(2)17(20(12,16)3)6-7-18(19)25/h4-5,11-12,16-18,25H,6-10H2,1-3H3/t12-,16-,17-,18+,19+,20-/m1/s1. The average Bonchev–Trinajstić information content (AvgIpc) is 2.90. The Hall–Kier alpha value is -1.28. The summed E-state index contributed by atoms with van der Waals surface area (Å²) in [6, 6.07) is 4.52. The Morgan fingerprint density at radius 1 is 1.17 bits per heavy atom. The molecular formula is C21H27F3O4S. The van der Waals surface area contributed by atoms with Crippen LogP contribution in [-0.2, 0) is 16.5 Å². The lowest BCUT2D eigenvalue weighted by atomic mass is 9.45. The van der Waals surface area contributed by atoms with Crippen LogP contribution in [0.4, 0.5) is 13.2 Å². The largest absolute Gasteiger partial charge is 0.534 e. The second-order valence-corrected chi connectivity index (χ2v) is 11.1. The van der Waals surface area contributed by atoms with Crippen LogP contribution in [0.15, 0.2) is 18.2 Å². The third-order valence-corrected chi connectivity index (χ3v) is 9.31. The van der Waals surface area contributed by atoms with E-state index >= 15 is 0 Å². The fourth-order valence-corrected chi connectivity index (χ4v) is 7.09. The molecule has 4 rings (SSSR count). The zero-order valence-corrected chi connectivity index (χ0v) is 17.6. The molecule has 1 aromatic carbocycles. The highest BCUT2D eigenvalue weighted by atomic mass is 32.2. The van der Waals surface area contributed by atoms with Crippen LogP contribution in [0, 0.1) is 22.7 Å². The minimum atomic E-state index is -5.68. The molecule has 0 spiro atoms. The molecule has 162 valence electrons. The van der Waals surface area contributed by atoms with Crippen LogP contribution in [0.1, 0.15) is 63.5 Å². The molecule has 0 amide bonds. The molecule has 0 bridgehead atoms. The summed E-state index contributed by atoms with van der Waals surface area (Å²) in [6.07, 6.45) is 3.96. The molecule has 1 N–H and O–H groups in total. The minimum absolute atomic E-state index is 0.0160. The molecule has 1 aromatic rings. The summed E-state index contributed by atoms with van der Waals surface area (Å²) in [4.78, 5) is 0. The lowest BCUT2D eigenvalue weighted by Gasteiger charge is -2.59. The molecule has 2 fully saturated rings. The van der Waals surface area contributed by atoms with Crippen LogP contribution in [-0.4, -0.2) is 25.1 Å². The topological polar surface area (TPSA) is 63.6 Å². The van der Waals surface area contributed by atoms with Gasteiger partial charge in [0.05, 0.1) is 6.10 Å². The second-order valence-electron chi connectivity index (χ2n) is 9.56. The zero-order valence-electron chi connectivity index (χ0n) is 16.8. The van der Waals surface area contributed by atoms with Gasteiger partial charge in [0.15, 0.2) is 0 Å². The number of hydrogen-bond donors (Lipinski definition) is 1. The van der Waals surface area contributed by atoms with Crippen molar-refractivity contribution < 1.29 is 30.9 Å². The van der Waals surface area contributed by atoms with Gasteiger partial charge in [0.25, 0.3) is 0 Å². The third kappa shape index (κ3) is 2.92. The number of benzene rings is 1. The molecular weight excluding hydrogens is 405 g/mol. The van der Waals surface area contributed by atoms with Crippen LogP contribution in [0.3, 0.4) is 0 Å². The number of fused-ring (bicyclic) bond motifs is 5. The summed E-state index contributed by atoms with van der Waals surface area (Å²) >= 11 is 0. The van der Waals surface area contributed by atoms with Gasteiger partial charge in [-0.05, 0) is 83.9 Å². The number of hydrogen-bond acceptors (Lipinski definition) is 4. The van der Waals surface area contributed by atoms with Crippen molar-refractivity contribution in [2.24, 2.45) is 22.7 Å². The molecule has 0 aliphatic heterocycles. The summed E-state index contributed by atoms with van der Waals surface area (Å²) in [7, 11) is -5.68. The Labute approximate surface area is 169 Å². The van der Waals surface area contributed by atoms with E-state index in [0.717, 1.165) is 36.8 Å². The van der Waals surface area contributed by atoms with Crippen molar-refractivity contribution in [2.45, 2.75) is 70.4 Å². The van der Waals surface area contributed by atoms with E-state index in [1.165, 1.54) is 12.1 Å². The summed E-state index contributed by atoms with van der Waals surface area (Å²) in [6.45, 7) is 6.65. The van der Waals surface area contributed by atoms with Crippen molar-refractivity contribution in [1.29, 1.82) is 0 Å². The van der Waals surface area contributed by atoms with Gasteiger partial charge in [-0.1, -0.05) is 26.8 Å². The lowest BCUT2D eigenvalue weighted by molar-refractivity contribution is -0.0884. The molecule has 29 heavy (non-hydrogen) atoms. The molecule has 0 unspecified atom stereocenters. The highest BCUT2D eigenvalue weighted by Crippen LogP contribution is 2.68. The molecule has 0 saturated heterocycles. The van der Waals surface area contributed by atoms with E-state index in [4.69, 9.17) is 0 Å². The van der Waals surface area contributed by atoms with E-state index < -0.39 is 15.6 Å². The van der Waals surface area contributed by atoms with Crippen molar-refractivity contribution in [3.8, 4) is 5.75 Å². The molecule has 2 saturated carbocycles. The molecule has 6 atom stereocenters. The predicted molar refractivity (Wildman–Crippen MR) is 102 cm³/mol. The van der Waals surface area contributed by atoms with Gasteiger partial charge in [-0.3, -0.25) is 0 Å². The van der Waals surface area contributed by atoms with E-state index in [-0.39, 0.29) is 34.5 Å². The van der Waals surface area contributed by atoms with Crippen LogP contribution in [0.25, 0.3) is 0 Å². The summed E-state index contributed by atoms with van der Waals surface area (Å²) in [5, 5.41) is 10.6. The normalized spacial score (nSPS) is 39.4. The van der Waals surface area contributed by atoms with Crippen LogP contribution in [0.5, 0.6) is 5.75 Å². The van der Waals surface area contributed by atoms with E-state index in [2.05, 4.69) is 25.0 Å². The summed E-state index contributed by atoms with van der Waals surface area (Å²) in [5.74, 6) is 0.574. The Kier molecular flexibility index (Phi) is 4.60. The Morgan fingerprint density at radius 2 is 1.86 bits per heavy atom. The SMILES string of the molecule is C[C@@H]1Cc2cc(OS(=O)(=O)C(F)(F)F)ccc2[C@H]2CC[C@@]3(C)[C@@H](CC[C@@H]3O)[C@]12C. The fraction of sp³-hybridized carbons (Fsp3) is 0.714. The first kappa shape index (κ1) is 21.0. The maximum Gasteiger partial charge on any atom is 0.534 e. The highest BCUT2D eigenvalue weighted by Gasteiger charge is 2.61. The molecule has 3 aliphatic rings. The third-order valence-electron chi connectivity index (χ3n) is 8.33. The maximum absolute atomic E-state index is 12.7. The van der Waals surface area contributed by atoms with Crippen molar-refractivity contribution in [3.63, 3.8) is 0 Å². The first-order valence-corrected chi connectivity index (χ1v) is 11.5. The molecule has 3 aliphatic carbocycles. The zero-order chi connectivity index (χ0) is 21.4. The van der Waals surface area contributed by atoms with E-state index in [1.54, 1.807) is 6.07 Å². The maximum atomic E-state index is 12.7. The number of rotatable bonds is 2. The Bertz CT molecular complexity index is 928. The lowest BCUT2D eigenvalue weighted by Crippen LogP contribution is -2.53. The van der Waals surface area contributed by atoms with Crippen LogP contribution in [0.2, 0.25) is 0 Å². The first-order chi connectivity index (χ1) is 13.3. The van der Waals surface area contributed by atoms with Gasteiger partial charge in [-0.25, -0.2) is 0 Å². The molecule has 0 radical (unpaired) electrons. The van der Waals surface area contributed by atoms with Gasteiger partial charge >= 0.3 is 15.6 Å². The quantitative estimate of drug-likeness (QED) is 0.540. The Balaban J connectivity index is 1.70. The van der Waals surface area contributed by atoms with E-state index in [9.17, 15) is 26.7 Å². The van der Waals surface area contributed by atoms with Gasteiger partial charge in [0.2, 0.25) is 0 Å². The molecule has 0 aromatic heterocycles. The highest BCUT2D eigenvalue weighted by molar-refractivity contribution is 7.88. The van der Waals surface area contributed by atoms with Crippen molar-refractivity contribution in [1.82, 2.24) is 0 Å². The van der Waals surface area contributed by atoms with Crippen molar-refractivity contribution in [3.05, 3.63) is 29.3 Å². The molecule has 4 nitrogen and oxygen atoms in total. The second kappa shape index (κ2) is 6.36. The van der Waals surface area contributed by atoms with Gasteiger partial charge < -0.3 is 9.29 Å². The van der Waals surface area contributed by atoms with E-state index in [1.807, 2.05) is 0 Å². The number of aliphatic hydroxyl groups excluding tert-OH is 1. The number of aliphatic hydroxyl groups is 1. The van der Waals surface area contributed by atoms with Crippen molar-refractivity contribution in [2.75, 3.05) is 0 Å². The summed E-state index contributed by atoms with van der Waals surface area (Å²) < 4.78 is 65.0. The van der Waals surface area contributed by atoms with Gasteiger partial charge in [0.1, 0.15) is 5.75 Å². The van der Waals surface area contributed by atoms with E-state index in [0.29, 0.717) is 12.3 Å².